The highest BCUT2D eigenvalue weighted by atomic mass is 16.3. The molecule has 0 aromatic carbocycles. The lowest BCUT2D eigenvalue weighted by atomic mass is 9.81. The van der Waals surface area contributed by atoms with Gasteiger partial charge in [0.25, 0.3) is 0 Å². The first-order valence-electron chi connectivity index (χ1n) is 4.60. The van der Waals surface area contributed by atoms with Crippen LogP contribution in [0.3, 0.4) is 0 Å². The van der Waals surface area contributed by atoms with Crippen molar-refractivity contribution < 1.29 is 5.11 Å². The van der Waals surface area contributed by atoms with Crippen LogP contribution in [-0.4, -0.2) is 11.7 Å². The summed E-state index contributed by atoms with van der Waals surface area (Å²) < 4.78 is 0. The SMILES string of the molecule is C[C@H]1[C@H](CO)CC(C)(C)[C@H]1C. The lowest BCUT2D eigenvalue weighted by Gasteiger charge is -2.25. The van der Waals surface area contributed by atoms with Crippen LogP contribution < -0.4 is 0 Å². The first-order valence-corrected chi connectivity index (χ1v) is 4.60. The number of hydrogen-bond donors (Lipinski definition) is 1. The number of aliphatic hydroxyl groups excluding tert-OH is 1. The Balaban J connectivity index is 2.69. The van der Waals surface area contributed by atoms with Crippen molar-refractivity contribution in [1.82, 2.24) is 0 Å². The molecule has 0 aliphatic heterocycles. The van der Waals surface area contributed by atoms with Gasteiger partial charge in [0.1, 0.15) is 0 Å². The van der Waals surface area contributed by atoms with Gasteiger partial charge in [0.15, 0.2) is 0 Å². The first-order chi connectivity index (χ1) is 4.99. The van der Waals surface area contributed by atoms with E-state index in [1.165, 1.54) is 6.42 Å². The van der Waals surface area contributed by atoms with Crippen LogP contribution in [0.5, 0.6) is 0 Å². The van der Waals surface area contributed by atoms with E-state index in [-0.39, 0.29) is 0 Å². The van der Waals surface area contributed by atoms with E-state index < -0.39 is 0 Å². The zero-order chi connectivity index (χ0) is 8.65. The van der Waals surface area contributed by atoms with Crippen LogP contribution in [0.2, 0.25) is 0 Å². The molecule has 1 aliphatic rings. The van der Waals surface area contributed by atoms with Crippen LogP contribution in [0.1, 0.15) is 34.1 Å². The van der Waals surface area contributed by atoms with E-state index in [1.807, 2.05) is 0 Å². The number of rotatable bonds is 1. The van der Waals surface area contributed by atoms with Crippen molar-refractivity contribution in [2.24, 2.45) is 23.2 Å². The average molecular weight is 156 g/mol. The fraction of sp³-hybridized carbons (Fsp3) is 1.00. The van der Waals surface area contributed by atoms with Crippen LogP contribution in [0, 0.1) is 23.2 Å². The summed E-state index contributed by atoms with van der Waals surface area (Å²) in [6, 6.07) is 0. The van der Waals surface area contributed by atoms with E-state index in [2.05, 4.69) is 27.7 Å². The molecular weight excluding hydrogens is 136 g/mol. The first kappa shape index (κ1) is 9.05. The minimum absolute atomic E-state index is 0.370. The van der Waals surface area contributed by atoms with E-state index in [9.17, 15) is 0 Å². The summed E-state index contributed by atoms with van der Waals surface area (Å²) in [5, 5.41) is 9.09. The second kappa shape index (κ2) is 2.78. The molecule has 1 nitrogen and oxygen atoms in total. The molecule has 0 spiro atoms. The van der Waals surface area contributed by atoms with E-state index in [4.69, 9.17) is 5.11 Å². The van der Waals surface area contributed by atoms with Crippen molar-refractivity contribution in [1.29, 1.82) is 0 Å². The molecule has 3 atom stereocenters. The summed E-state index contributed by atoms with van der Waals surface area (Å²) >= 11 is 0. The summed E-state index contributed by atoms with van der Waals surface area (Å²) in [6.07, 6.45) is 1.19. The lowest BCUT2D eigenvalue weighted by molar-refractivity contribution is 0.191. The molecule has 1 rings (SSSR count). The van der Waals surface area contributed by atoms with Crippen LogP contribution in [0.4, 0.5) is 0 Å². The molecular formula is C10H20O. The molecule has 11 heavy (non-hydrogen) atoms. The monoisotopic (exact) mass is 156 g/mol. The molecule has 1 N–H and O–H groups in total. The molecule has 0 unspecified atom stereocenters. The van der Waals surface area contributed by atoms with Gasteiger partial charge in [0, 0.05) is 6.61 Å². The van der Waals surface area contributed by atoms with Crippen LogP contribution in [-0.2, 0) is 0 Å². The molecule has 66 valence electrons. The molecule has 1 heteroatoms. The van der Waals surface area contributed by atoms with Crippen molar-refractivity contribution in [3.05, 3.63) is 0 Å². The zero-order valence-electron chi connectivity index (χ0n) is 8.09. The normalized spacial score (nSPS) is 42.8. The van der Waals surface area contributed by atoms with Gasteiger partial charge in [-0.2, -0.15) is 0 Å². The van der Waals surface area contributed by atoms with Crippen molar-refractivity contribution in [3.8, 4) is 0 Å². The lowest BCUT2D eigenvalue weighted by Crippen LogP contribution is -2.17. The van der Waals surface area contributed by atoms with Crippen molar-refractivity contribution >= 4 is 0 Å². The van der Waals surface area contributed by atoms with Crippen LogP contribution in [0.15, 0.2) is 0 Å². The Morgan fingerprint density at radius 3 is 2.09 bits per heavy atom. The molecule has 0 aromatic rings. The van der Waals surface area contributed by atoms with Crippen molar-refractivity contribution in [2.45, 2.75) is 34.1 Å². The van der Waals surface area contributed by atoms with Crippen molar-refractivity contribution in [3.63, 3.8) is 0 Å². The quantitative estimate of drug-likeness (QED) is 0.617. The molecule has 1 aliphatic carbocycles. The minimum Gasteiger partial charge on any atom is -0.396 e. The average Bonchev–Trinajstić information content (AvgIpc) is 2.13. The molecule has 0 aromatic heterocycles. The van der Waals surface area contributed by atoms with E-state index >= 15 is 0 Å². The Hall–Kier alpha value is -0.0400. The van der Waals surface area contributed by atoms with Crippen LogP contribution >= 0.6 is 0 Å². The third-order valence-corrected chi connectivity index (χ3v) is 3.79. The molecule has 0 saturated heterocycles. The van der Waals surface area contributed by atoms with Gasteiger partial charge in [0.05, 0.1) is 0 Å². The van der Waals surface area contributed by atoms with Gasteiger partial charge in [-0.25, -0.2) is 0 Å². The Bertz CT molecular complexity index is 140. The predicted octanol–water partition coefficient (Wildman–Crippen LogP) is 2.30. The maximum Gasteiger partial charge on any atom is 0.0462 e. The molecule has 1 saturated carbocycles. The molecule has 1 fully saturated rings. The summed E-state index contributed by atoms with van der Waals surface area (Å²) in [4.78, 5) is 0. The molecule has 0 amide bonds. The van der Waals surface area contributed by atoms with E-state index in [0.717, 1.165) is 5.92 Å². The van der Waals surface area contributed by atoms with Gasteiger partial charge in [0.2, 0.25) is 0 Å². The molecule has 0 bridgehead atoms. The standard InChI is InChI=1S/C10H20O/c1-7-8(2)10(3,4)5-9(7)6-11/h7-9,11H,5-6H2,1-4H3/t7-,8+,9+/m1/s1. The Morgan fingerprint density at radius 2 is 1.91 bits per heavy atom. The smallest absolute Gasteiger partial charge is 0.0462 e. The van der Waals surface area contributed by atoms with Gasteiger partial charge < -0.3 is 5.11 Å². The summed E-state index contributed by atoms with van der Waals surface area (Å²) in [6.45, 7) is 9.56. The summed E-state index contributed by atoms with van der Waals surface area (Å²) in [7, 11) is 0. The van der Waals surface area contributed by atoms with Gasteiger partial charge >= 0.3 is 0 Å². The van der Waals surface area contributed by atoms with Gasteiger partial charge in [-0.1, -0.05) is 27.7 Å². The van der Waals surface area contributed by atoms with Crippen LogP contribution in [0.25, 0.3) is 0 Å². The largest absolute Gasteiger partial charge is 0.396 e. The molecule has 0 radical (unpaired) electrons. The summed E-state index contributed by atoms with van der Waals surface area (Å²) in [5.41, 5.74) is 0.437. The Labute approximate surface area is 69.8 Å². The van der Waals surface area contributed by atoms with Gasteiger partial charge in [-0.05, 0) is 29.6 Å². The maximum absolute atomic E-state index is 9.09. The highest BCUT2D eigenvalue weighted by molar-refractivity contribution is 4.91. The fourth-order valence-electron chi connectivity index (χ4n) is 2.40. The fourth-order valence-corrected chi connectivity index (χ4v) is 2.40. The predicted molar refractivity (Wildman–Crippen MR) is 47.3 cm³/mol. The minimum atomic E-state index is 0.370. The second-order valence-corrected chi connectivity index (χ2v) is 4.78. The highest BCUT2D eigenvalue weighted by Gasteiger charge is 2.42. The number of aliphatic hydroxyl groups is 1. The third-order valence-electron chi connectivity index (χ3n) is 3.79. The molecule has 0 heterocycles. The topological polar surface area (TPSA) is 20.2 Å². The van der Waals surface area contributed by atoms with Gasteiger partial charge in [-0.3, -0.25) is 0 Å². The number of hydrogen-bond acceptors (Lipinski definition) is 1. The second-order valence-electron chi connectivity index (χ2n) is 4.78. The Kier molecular flexibility index (Phi) is 2.29. The summed E-state index contributed by atoms with van der Waals surface area (Å²) in [5.74, 6) is 1.98. The Morgan fingerprint density at radius 1 is 1.36 bits per heavy atom. The van der Waals surface area contributed by atoms with E-state index in [0.29, 0.717) is 23.9 Å². The van der Waals surface area contributed by atoms with Gasteiger partial charge in [-0.15, -0.1) is 0 Å². The zero-order valence-corrected chi connectivity index (χ0v) is 8.09. The third kappa shape index (κ3) is 1.44. The van der Waals surface area contributed by atoms with E-state index in [1.54, 1.807) is 0 Å². The highest BCUT2D eigenvalue weighted by Crippen LogP contribution is 2.49. The van der Waals surface area contributed by atoms with Crippen molar-refractivity contribution in [2.75, 3.05) is 6.61 Å². The maximum atomic E-state index is 9.09.